The lowest BCUT2D eigenvalue weighted by Gasteiger charge is -2.10. The quantitative estimate of drug-likeness (QED) is 0.519. The first kappa shape index (κ1) is 19.0. The van der Waals surface area contributed by atoms with E-state index < -0.39 is 0 Å². The van der Waals surface area contributed by atoms with Gasteiger partial charge in [0.1, 0.15) is 0 Å². The molecule has 124 valence electrons. The van der Waals surface area contributed by atoms with Gasteiger partial charge >= 0.3 is 0 Å². The van der Waals surface area contributed by atoms with Crippen molar-refractivity contribution in [3.8, 4) is 0 Å². The van der Waals surface area contributed by atoms with Gasteiger partial charge in [-0.15, -0.1) is 0 Å². The number of hydrogen-bond acceptors (Lipinski definition) is 0. The molecule has 0 aromatic carbocycles. The van der Waals surface area contributed by atoms with Gasteiger partial charge in [0.25, 0.3) is 0 Å². The average molecular weight is 301 g/mol. The number of hydrogen-bond donors (Lipinski definition) is 0. The van der Waals surface area contributed by atoms with E-state index in [1.165, 1.54) is 18.4 Å². The van der Waals surface area contributed by atoms with E-state index in [1.54, 1.807) is 16.7 Å². The predicted molar refractivity (Wildman–Crippen MR) is 101 cm³/mol. The minimum absolute atomic E-state index is 0.700. The molecule has 0 spiro atoms. The monoisotopic (exact) mass is 300 g/mol. The molecule has 0 saturated carbocycles. The van der Waals surface area contributed by atoms with Gasteiger partial charge in [0, 0.05) is 0 Å². The minimum atomic E-state index is 0.700. The van der Waals surface area contributed by atoms with Crippen LogP contribution in [0.15, 0.2) is 46.6 Å². The lowest BCUT2D eigenvalue weighted by molar-refractivity contribution is 0.696. The minimum Gasteiger partial charge on any atom is -0.0770 e. The van der Waals surface area contributed by atoms with Gasteiger partial charge in [0.05, 0.1) is 0 Å². The van der Waals surface area contributed by atoms with Gasteiger partial charge in [0.2, 0.25) is 0 Å². The highest BCUT2D eigenvalue weighted by Crippen LogP contribution is 2.29. The molecule has 0 unspecified atom stereocenters. The lowest BCUT2D eigenvalue weighted by atomic mass is 9.95. The van der Waals surface area contributed by atoms with Crippen molar-refractivity contribution in [2.75, 3.05) is 0 Å². The molecule has 0 amide bonds. The Kier molecular flexibility index (Phi) is 7.39. The van der Waals surface area contributed by atoms with Gasteiger partial charge in [-0.05, 0) is 42.1 Å². The molecule has 0 aromatic heterocycles. The molecule has 0 heterocycles. The van der Waals surface area contributed by atoms with E-state index in [0.717, 1.165) is 17.8 Å². The Labute approximate surface area is 139 Å². The first-order valence-corrected chi connectivity index (χ1v) is 9.02. The second kappa shape index (κ2) is 8.56. The van der Waals surface area contributed by atoms with Crippen LogP contribution in [-0.2, 0) is 0 Å². The van der Waals surface area contributed by atoms with E-state index >= 15 is 0 Å². The van der Waals surface area contributed by atoms with Crippen LogP contribution in [0.5, 0.6) is 0 Å². The van der Waals surface area contributed by atoms with Crippen LogP contribution in [-0.4, -0.2) is 0 Å². The Morgan fingerprint density at radius 2 is 1.09 bits per heavy atom. The molecule has 0 aliphatic heterocycles. The third-order valence-corrected chi connectivity index (χ3v) is 4.74. The molecule has 0 radical (unpaired) electrons. The Morgan fingerprint density at radius 3 is 1.32 bits per heavy atom. The van der Waals surface area contributed by atoms with Crippen molar-refractivity contribution in [1.29, 1.82) is 0 Å². The SMILES string of the molecule is CC(C)C1=CC=C(C(C)C)C1.CC(C)C1=CCC(C(C)C)=C1. The van der Waals surface area contributed by atoms with Gasteiger partial charge in [-0.25, -0.2) is 0 Å². The highest BCUT2D eigenvalue weighted by molar-refractivity contribution is 5.34. The van der Waals surface area contributed by atoms with Crippen molar-refractivity contribution in [1.82, 2.24) is 0 Å². The van der Waals surface area contributed by atoms with Crippen LogP contribution in [0.25, 0.3) is 0 Å². The van der Waals surface area contributed by atoms with Crippen LogP contribution in [0.4, 0.5) is 0 Å². The van der Waals surface area contributed by atoms with Gasteiger partial charge < -0.3 is 0 Å². The molecule has 22 heavy (non-hydrogen) atoms. The van der Waals surface area contributed by atoms with Crippen molar-refractivity contribution in [3.63, 3.8) is 0 Å². The zero-order valence-electron chi connectivity index (χ0n) is 16.0. The predicted octanol–water partition coefficient (Wildman–Crippen LogP) is 7.11. The second-order valence-electron chi connectivity index (χ2n) is 7.91. The van der Waals surface area contributed by atoms with E-state index in [9.17, 15) is 0 Å². The van der Waals surface area contributed by atoms with Gasteiger partial charge in [-0.2, -0.15) is 0 Å². The second-order valence-corrected chi connectivity index (χ2v) is 7.91. The summed E-state index contributed by atoms with van der Waals surface area (Å²) in [5.41, 5.74) is 6.30. The summed E-state index contributed by atoms with van der Waals surface area (Å²) in [4.78, 5) is 0. The third kappa shape index (κ3) is 5.63. The standard InChI is InChI=1S/2C11H18/c2*1-8(2)10-5-6-11(7-10)9(3)4/h5,7-9H,6H2,1-4H3;5-6,8-9H,7H2,1-4H3. The topological polar surface area (TPSA) is 0 Å². The van der Waals surface area contributed by atoms with Crippen LogP contribution in [0.3, 0.4) is 0 Å². The summed E-state index contributed by atoms with van der Waals surface area (Å²) in [6, 6.07) is 0. The van der Waals surface area contributed by atoms with E-state index in [1.807, 2.05) is 0 Å². The summed E-state index contributed by atoms with van der Waals surface area (Å²) in [6.07, 6.45) is 11.7. The van der Waals surface area contributed by atoms with E-state index in [0.29, 0.717) is 5.92 Å². The van der Waals surface area contributed by atoms with Crippen molar-refractivity contribution in [2.24, 2.45) is 23.7 Å². The summed E-state index contributed by atoms with van der Waals surface area (Å²) < 4.78 is 0. The molecule has 2 aliphatic rings. The molecule has 2 aliphatic carbocycles. The molecule has 0 saturated heterocycles. The summed E-state index contributed by atoms with van der Waals surface area (Å²) >= 11 is 0. The first-order valence-electron chi connectivity index (χ1n) is 9.02. The smallest absolute Gasteiger partial charge is 0.00971 e. The Bertz CT molecular complexity index is 454. The number of allylic oxidation sites excluding steroid dienone is 8. The molecule has 0 aromatic rings. The van der Waals surface area contributed by atoms with Gasteiger partial charge in [-0.1, -0.05) is 96.4 Å². The zero-order valence-corrected chi connectivity index (χ0v) is 16.0. The normalized spacial score (nSPS) is 17.6. The zero-order chi connectivity index (χ0) is 16.9. The van der Waals surface area contributed by atoms with Crippen LogP contribution in [0.1, 0.15) is 68.2 Å². The summed E-state index contributed by atoms with van der Waals surface area (Å²) in [5.74, 6) is 2.87. The Balaban J connectivity index is 0.000000220. The molecular weight excluding hydrogens is 264 g/mol. The van der Waals surface area contributed by atoms with Crippen LogP contribution >= 0.6 is 0 Å². The van der Waals surface area contributed by atoms with Crippen molar-refractivity contribution >= 4 is 0 Å². The molecular formula is C22H36. The van der Waals surface area contributed by atoms with E-state index in [-0.39, 0.29) is 0 Å². The third-order valence-electron chi connectivity index (χ3n) is 4.74. The van der Waals surface area contributed by atoms with Crippen LogP contribution in [0, 0.1) is 23.7 Å². The maximum absolute atomic E-state index is 2.37. The molecule has 2 rings (SSSR count). The fourth-order valence-corrected chi connectivity index (χ4v) is 2.73. The number of rotatable bonds is 4. The molecule has 0 bridgehead atoms. The summed E-state index contributed by atoms with van der Waals surface area (Å²) in [6.45, 7) is 18.1. The Hall–Kier alpha value is -1.04. The fraction of sp³-hybridized carbons (Fsp3) is 0.636. The maximum atomic E-state index is 2.37. The highest BCUT2D eigenvalue weighted by atomic mass is 14.2. The van der Waals surface area contributed by atoms with E-state index in [2.05, 4.69) is 79.7 Å². The van der Waals surface area contributed by atoms with E-state index in [4.69, 9.17) is 0 Å². The summed E-state index contributed by atoms with van der Waals surface area (Å²) in [5, 5.41) is 0. The molecule has 0 fully saturated rings. The molecule has 0 N–H and O–H groups in total. The molecule has 0 atom stereocenters. The van der Waals surface area contributed by atoms with Crippen LogP contribution < -0.4 is 0 Å². The lowest BCUT2D eigenvalue weighted by Crippen LogP contribution is -1.95. The Morgan fingerprint density at radius 1 is 0.636 bits per heavy atom. The fourth-order valence-electron chi connectivity index (χ4n) is 2.73. The van der Waals surface area contributed by atoms with Crippen molar-refractivity contribution in [2.45, 2.75) is 68.2 Å². The van der Waals surface area contributed by atoms with Crippen molar-refractivity contribution in [3.05, 3.63) is 46.6 Å². The first-order chi connectivity index (χ1) is 10.2. The molecule has 0 nitrogen and oxygen atoms in total. The highest BCUT2D eigenvalue weighted by Gasteiger charge is 2.13. The maximum Gasteiger partial charge on any atom is -0.00971 e. The van der Waals surface area contributed by atoms with Crippen LogP contribution in [0.2, 0.25) is 0 Å². The van der Waals surface area contributed by atoms with Gasteiger partial charge in [-0.3, -0.25) is 0 Å². The average Bonchev–Trinajstić information content (AvgIpc) is 3.09. The summed E-state index contributed by atoms with van der Waals surface area (Å²) in [7, 11) is 0. The molecule has 0 heteroatoms. The van der Waals surface area contributed by atoms with Gasteiger partial charge in [0.15, 0.2) is 0 Å². The largest absolute Gasteiger partial charge is 0.0770 e. The van der Waals surface area contributed by atoms with Crippen molar-refractivity contribution < 1.29 is 0 Å².